The first-order valence-electron chi connectivity index (χ1n) is 14.2. The topological polar surface area (TPSA) is 35.6 Å². The number of aromatic nitrogens is 4. The number of imidazole rings is 1. The Morgan fingerprint density at radius 3 is 1.88 bits per heavy atom. The molecule has 0 N–H and O–H groups in total. The molecule has 42 heavy (non-hydrogen) atoms. The maximum Gasteiger partial charge on any atom is 0.145 e. The van der Waals surface area contributed by atoms with Crippen LogP contribution in [0.4, 0.5) is 0 Å². The van der Waals surface area contributed by atoms with Gasteiger partial charge in [-0.05, 0) is 41.1 Å². The van der Waals surface area contributed by atoms with Crippen molar-refractivity contribution >= 4 is 54.4 Å². The fourth-order valence-electron chi connectivity index (χ4n) is 6.61. The quantitative estimate of drug-likeness (QED) is 0.211. The summed E-state index contributed by atoms with van der Waals surface area (Å²) in [5, 5.41) is 7.21. The van der Waals surface area contributed by atoms with Crippen LogP contribution in [0.15, 0.2) is 146 Å². The Hall–Kier alpha value is -5.74. The predicted octanol–water partition coefficient (Wildman–Crippen LogP) is 9.49. The van der Waals surface area contributed by atoms with E-state index in [2.05, 4.69) is 148 Å². The minimum absolute atomic E-state index is 0.924. The number of pyridine rings is 1. The van der Waals surface area contributed by atoms with Gasteiger partial charge in [-0.3, -0.25) is 9.55 Å². The van der Waals surface area contributed by atoms with Gasteiger partial charge >= 0.3 is 0 Å². The smallest absolute Gasteiger partial charge is 0.145 e. The molecule has 3 heterocycles. The van der Waals surface area contributed by atoms with E-state index in [1.165, 1.54) is 26.9 Å². The molecule has 0 amide bonds. The summed E-state index contributed by atoms with van der Waals surface area (Å²) < 4.78 is 4.66. The number of hydrogen-bond donors (Lipinski definition) is 0. The maximum absolute atomic E-state index is 5.38. The summed E-state index contributed by atoms with van der Waals surface area (Å²) in [5.41, 5.74) is 7.59. The highest BCUT2D eigenvalue weighted by molar-refractivity contribution is 6.24. The summed E-state index contributed by atoms with van der Waals surface area (Å²) in [5.74, 6) is 0.924. The molecule has 6 aromatic carbocycles. The average molecular weight is 537 g/mol. The second-order valence-electron chi connectivity index (χ2n) is 10.7. The number of para-hydroxylation sites is 1. The minimum Gasteiger partial charge on any atom is -0.308 e. The third-order valence-corrected chi connectivity index (χ3v) is 8.39. The van der Waals surface area contributed by atoms with Gasteiger partial charge in [0.05, 0.1) is 28.3 Å². The second kappa shape index (κ2) is 8.88. The zero-order valence-electron chi connectivity index (χ0n) is 22.6. The van der Waals surface area contributed by atoms with E-state index in [1.54, 1.807) is 0 Å². The summed E-state index contributed by atoms with van der Waals surface area (Å²) in [7, 11) is 0. The lowest BCUT2D eigenvalue weighted by Crippen LogP contribution is -2.01. The molecule has 0 radical (unpaired) electrons. The number of rotatable bonds is 3. The van der Waals surface area contributed by atoms with Gasteiger partial charge in [0, 0.05) is 44.7 Å². The molecular weight excluding hydrogens is 512 g/mol. The lowest BCUT2D eigenvalue weighted by Gasteiger charge is -2.15. The van der Waals surface area contributed by atoms with Gasteiger partial charge in [-0.15, -0.1) is 0 Å². The van der Waals surface area contributed by atoms with E-state index in [0.717, 1.165) is 50.2 Å². The van der Waals surface area contributed by atoms with Crippen molar-refractivity contribution in [2.45, 2.75) is 0 Å². The molecule has 0 aliphatic carbocycles. The standard InChI is InChI=1S/C38H24N4/c1-2-11-25(12-3-1)38-40-36-32-18-6-4-15-28(32)29-16-5-7-19-33(29)37(36)42(38)27-14-10-13-26(23-27)41-34-20-9-8-17-30(34)31-21-22-39-24-35(31)41/h1-24H. The van der Waals surface area contributed by atoms with Gasteiger partial charge in [0.1, 0.15) is 5.82 Å². The van der Waals surface area contributed by atoms with Gasteiger partial charge < -0.3 is 4.57 Å². The Morgan fingerprint density at radius 2 is 1.07 bits per heavy atom. The molecule has 3 aromatic heterocycles. The Bertz CT molecular complexity index is 2410. The molecular formula is C38H24N4. The van der Waals surface area contributed by atoms with E-state index in [9.17, 15) is 0 Å². The number of nitrogens with zero attached hydrogens (tertiary/aromatic N) is 4. The predicted molar refractivity (Wildman–Crippen MR) is 174 cm³/mol. The highest BCUT2D eigenvalue weighted by Crippen LogP contribution is 2.40. The molecule has 4 nitrogen and oxygen atoms in total. The molecule has 0 spiro atoms. The Kier molecular flexibility index (Phi) is 4.87. The van der Waals surface area contributed by atoms with Crippen molar-refractivity contribution in [3.8, 4) is 22.8 Å². The highest BCUT2D eigenvalue weighted by Gasteiger charge is 2.21. The van der Waals surface area contributed by atoms with Crippen molar-refractivity contribution in [1.82, 2.24) is 19.1 Å². The summed E-state index contributed by atoms with van der Waals surface area (Å²) in [6.07, 6.45) is 3.83. The summed E-state index contributed by atoms with van der Waals surface area (Å²) in [6, 6.07) is 47.3. The Morgan fingerprint density at radius 1 is 0.452 bits per heavy atom. The van der Waals surface area contributed by atoms with Crippen LogP contribution in [0.3, 0.4) is 0 Å². The van der Waals surface area contributed by atoms with E-state index < -0.39 is 0 Å². The Balaban J connectivity index is 1.42. The number of hydrogen-bond acceptors (Lipinski definition) is 2. The molecule has 0 saturated heterocycles. The van der Waals surface area contributed by atoms with E-state index in [-0.39, 0.29) is 0 Å². The van der Waals surface area contributed by atoms with Crippen LogP contribution in [-0.4, -0.2) is 19.1 Å². The van der Waals surface area contributed by atoms with Crippen LogP contribution in [0.25, 0.3) is 77.1 Å². The van der Waals surface area contributed by atoms with Crippen molar-refractivity contribution in [1.29, 1.82) is 0 Å². The van der Waals surface area contributed by atoms with Gasteiger partial charge in [0.15, 0.2) is 0 Å². The maximum atomic E-state index is 5.38. The summed E-state index contributed by atoms with van der Waals surface area (Å²) in [4.78, 5) is 9.86. The van der Waals surface area contributed by atoms with Crippen molar-refractivity contribution < 1.29 is 0 Å². The summed E-state index contributed by atoms with van der Waals surface area (Å²) >= 11 is 0. The molecule has 0 aliphatic rings. The fraction of sp³-hybridized carbons (Fsp3) is 0. The lowest BCUT2D eigenvalue weighted by atomic mass is 10.00. The van der Waals surface area contributed by atoms with Crippen LogP contribution in [0.2, 0.25) is 0 Å². The van der Waals surface area contributed by atoms with E-state index in [4.69, 9.17) is 4.98 Å². The minimum atomic E-state index is 0.924. The molecule has 0 fully saturated rings. The number of benzene rings is 6. The third-order valence-electron chi connectivity index (χ3n) is 8.39. The zero-order valence-corrected chi connectivity index (χ0v) is 22.6. The zero-order chi connectivity index (χ0) is 27.6. The first-order chi connectivity index (χ1) is 20.9. The molecule has 196 valence electrons. The molecule has 0 aliphatic heterocycles. The fourth-order valence-corrected chi connectivity index (χ4v) is 6.61. The Labute approximate surface area is 241 Å². The molecule has 4 heteroatoms. The molecule has 0 atom stereocenters. The molecule has 9 aromatic rings. The van der Waals surface area contributed by atoms with Crippen LogP contribution in [0.5, 0.6) is 0 Å². The van der Waals surface area contributed by atoms with Crippen molar-refractivity contribution in [3.63, 3.8) is 0 Å². The average Bonchev–Trinajstić information content (AvgIpc) is 3.63. The molecule has 0 bridgehead atoms. The van der Waals surface area contributed by atoms with Crippen molar-refractivity contribution in [2.75, 3.05) is 0 Å². The van der Waals surface area contributed by atoms with E-state index >= 15 is 0 Å². The lowest BCUT2D eigenvalue weighted by molar-refractivity contribution is 1.09. The first-order valence-corrected chi connectivity index (χ1v) is 14.2. The van der Waals surface area contributed by atoms with Crippen LogP contribution in [-0.2, 0) is 0 Å². The van der Waals surface area contributed by atoms with Crippen LogP contribution in [0.1, 0.15) is 0 Å². The van der Waals surface area contributed by atoms with Gasteiger partial charge in [0.2, 0.25) is 0 Å². The molecule has 0 unspecified atom stereocenters. The second-order valence-corrected chi connectivity index (χ2v) is 10.7. The van der Waals surface area contributed by atoms with Gasteiger partial charge in [-0.1, -0.05) is 103 Å². The SMILES string of the molecule is c1ccc(-c2nc3c4ccccc4c4ccccc4c3n2-c2cccc(-n3c4ccccc4c4ccncc43)c2)cc1. The monoisotopic (exact) mass is 536 g/mol. The van der Waals surface area contributed by atoms with E-state index in [1.807, 2.05) is 12.4 Å². The molecule has 9 rings (SSSR count). The third kappa shape index (κ3) is 3.23. The normalized spacial score (nSPS) is 11.8. The van der Waals surface area contributed by atoms with Crippen molar-refractivity contribution in [2.24, 2.45) is 0 Å². The van der Waals surface area contributed by atoms with Gasteiger partial charge in [0.25, 0.3) is 0 Å². The molecule has 0 saturated carbocycles. The van der Waals surface area contributed by atoms with Crippen molar-refractivity contribution in [3.05, 3.63) is 146 Å². The van der Waals surface area contributed by atoms with Gasteiger partial charge in [-0.25, -0.2) is 4.98 Å². The van der Waals surface area contributed by atoms with Crippen LogP contribution in [0, 0.1) is 0 Å². The number of fused-ring (bicyclic) bond motifs is 9. The van der Waals surface area contributed by atoms with Gasteiger partial charge in [-0.2, -0.15) is 0 Å². The summed E-state index contributed by atoms with van der Waals surface area (Å²) in [6.45, 7) is 0. The highest BCUT2D eigenvalue weighted by atomic mass is 15.1. The van der Waals surface area contributed by atoms with E-state index in [0.29, 0.717) is 0 Å². The van der Waals surface area contributed by atoms with Crippen LogP contribution >= 0.6 is 0 Å². The first kappa shape index (κ1) is 23.0. The largest absolute Gasteiger partial charge is 0.308 e. The van der Waals surface area contributed by atoms with Crippen LogP contribution < -0.4 is 0 Å².